The van der Waals surface area contributed by atoms with Gasteiger partial charge in [-0.1, -0.05) is 408 Å². The van der Waals surface area contributed by atoms with Crippen molar-refractivity contribution in [1.82, 2.24) is 0 Å². The standard InChI is InChI=1S/C86H168O17P2/c1-7-9-11-13-15-17-19-21-23-25-27-28-29-31-33-38-42-46-50-58-64-70-85(90)102-81(74-96-83(88)68-62-56-49-45-41-37-32-30-26-24-22-20-18-16-14-12-10-8-2)76-100-104(92,93)98-72-80(87)73-99-105(94,95)101-77-82(75-97-84(89)69-63-57-53-52-55-61-67-79(5)6)103-86(91)71-65-59-51-47-43-39-35-34-36-40-44-48-54-60-66-78(3)4/h78-82,87H,7-77H2,1-6H3,(H,92,93)(H,94,95)/t80-,81-,82-/m1/s1. The van der Waals surface area contributed by atoms with E-state index in [1.54, 1.807) is 0 Å². The van der Waals surface area contributed by atoms with Crippen LogP contribution in [0.1, 0.15) is 459 Å². The molecule has 0 amide bonds. The van der Waals surface area contributed by atoms with Crippen LogP contribution < -0.4 is 0 Å². The minimum atomic E-state index is -4.97. The van der Waals surface area contributed by atoms with Gasteiger partial charge in [-0.05, 0) is 37.5 Å². The lowest BCUT2D eigenvalue weighted by atomic mass is 10.0. The fourth-order valence-corrected chi connectivity index (χ4v) is 15.0. The summed E-state index contributed by atoms with van der Waals surface area (Å²) in [6, 6.07) is 0. The average molecular weight is 1540 g/mol. The molecular weight excluding hydrogens is 1370 g/mol. The molecule has 0 aromatic rings. The quantitative estimate of drug-likeness (QED) is 0.0222. The van der Waals surface area contributed by atoms with Crippen molar-refractivity contribution in [3.05, 3.63) is 0 Å². The summed E-state index contributed by atoms with van der Waals surface area (Å²) in [5.41, 5.74) is 0. The van der Waals surface area contributed by atoms with Gasteiger partial charge in [-0.2, -0.15) is 0 Å². The molecule has 0 radical (unpaired) electrons. The first-order valence-corrected chi connectivity index (χ1v) is 47.5. The minimum absolute atomic E-state index is 0.107. The van der Waals surface area contributed by atoms with Crippen LogP contribution in [-0.2, 0) is 65.4 Å². The van der Waals surface area contributed by atoms with Crippen LogP contribution in [0.25, 0.3) is 0 Å². The number of esters is 4. The van der Waals surface area contributed by atoms with Gasteiger partial charge in [-0.25, -0.2) is 9.13 Å². The zero-order valence-electron chi connectivity index (χ0n) is 69.0. The van der Waals surface area contributed by atoms with Crippen molar-refractivity contribution in [2.24, 2.45) is 11.8 Å². The number of aliphatic hydroxyl groups excluding tert-OH is 1. The van der Waals surface area contributed by atoms with E-state index in [0.717, 1.165) is 102 Å². The molecule has 0 saturated carbocycles. The first-order valence-electron chi connectivity index (χ1n) is 44.5. The van der Waals surface area contributed by atoms with Crippen LogP contribution in [0.4, 0.5) is 0 Å². The van der Waals surface area contributed by atoms with E-state index >= 15 is 0 Å². The Morgan fingerprint density at radius 2 is 0.438 bits per heavy atom. The van der Waals surface area contributed by atoms with Gasteiger partial charge in [0.2, 0.25) is 0 Å². The number of phosphoric acid groups is 2. The highest BCUT2D eigenvalue weighted by molar-refractivity contribution is 7.47. The molecule has 2 unspecified atom stereocenters. The van der Waals surface area contributed by atoms with Crippen molar-refractivity contribution < 1.29 is 80.2 Å². The van der Waals surface area contributed by atoms with Crippen molar-refractivity contribution in [1.29, 1.82) is 0 Å². The van der Waals surface area contributed by atoms with Crippen LogP contribution >= 0.6 is 15.6 Å². The van der Waals surface area contributed by atoms with E-state index in [4.69, 9.17) is 37.0 Å². The number of hydrogen-bond donors (Lipinski definition) is 3. The third kappa shape index (κ3) is 79.9. The predicted molar refractivity (Wildman–Crippen MR) is 432 cm³/mol. The molecule has 0 rings (SSSR count). The van der Waals surface area contributed by atoms with Crippen LogP contribution in [-0.4, -0.2) is 96.7 Å². The Balaban J connectivity index is 5.21. The number of phosphoric ester groups is 2. The van der Waals surface area contributed by atoms with Crippen LogP contribution in [0.15, 0.2) is 0 Å². The molecule has 19 heteroatoms. The van der Waals surface area contributed by atoms with Crippen molar-refractivity contribution in [3.8, 4) is 0 Å². The molecule has 0 heterocycles. The van der Waals surface area contributed by atoms with Gasteiger partial charge in [0.25, 0.3) is 0 Å². The largest absolute Gasteiger partial charge is 0.472 e. The molecule has 0 saturated heterocycles. The van der Waals surface area contributed by atoms with E-state index < -0.39 is 97.5 Å². The Kier molecular flexibility index (Phi) is 76.0. The van der Waals surface area contributed by atoms with Crippen molar-refractivity contribution in [3.63, 3.8) is 0 Å². The number of ether oxygens (including phenoxy) is 4. The maximum atomic E-state index is 13.1. The minimum Gasteiger partial charge on any atom is -0.462 e. The van der Waals surface area contributed by atoms with Gasteiger partial charge in [0, 0.05) is 25.7 Å². The molecule has 105 heavy (non-hydrogen) atoms. The highest BCUT2D eigenvalue weighted by Crippen LogP contribution is 2.45. The molecule has 624 valence electrons. The monoisotopic (exact) mass is 1540 g/mol. The number of carbonyl (C=O) groups is 4. The SMILES string of the molecule is CCCCCCCCCCCCCCCCCCCCCCCC(=O)O[C@H](COC(=O)CCCCCCCCCCCCCCCCCCCC)COP(=O)(O)OC[C@@H](O)COP(=O)(O)OC[C@@H](COC(=O)CCCCCCCCC(C)C)OC(=O)CCCCCCCCCCCCCCCCC(C)C. The van der Waals surface area contributed by atoms with Gasteiger partial charge in [-0.3, -0.25) is 37.3 Å². The molecule has 0 aliphatic carbocycles. The van der Waals surface area contributed by atoms with Gasteiger partial charge < -0.3 is 33.8 Å². The number of hydrogen-bond acceptors (Lipinski definition) is 15. The number of carbonyl (C=O) groups excluding carboxylic acids is 4. The Hall–Kier alpha value is -1.94. The summed E-state index contributed by atoms with van der Waals surface area (Å²) in [5, 5.41) is 10.7. The normalized spacial score (nSPS) is 13.8. The number of aliphatic hydroxyl groups is 1. The van der Waals surface area contributed by atoms with E-state index in [1.165, 1.54) is 270 Å². The van der Waals surface area contributed by atoms with E-state index in [1.807, 2.05) is 0 Å². The van der Waals surface area contributed by atoms with E-state index in [-0.39, 0.29) is 25.7 Å². The second-order valence-corrected chi connectivity index (χ2v) is 34.8. The number of unbranched alkanes of at least 4 members (excludes halogenated alkanes) is 55. The summed E-state index contributed by atoms with van der Waals surface area (Å²) in [7, 11) is -9.93. The molecule has 0 aliphatic heterocycles. The highest BCUT2D eigenvalue weighted by atomic mass is 31.2. The van der Waals surface area contributed by atoms with Crippen molar-refractivity contribution in [2.75, 3.05) is 39.6 Å². The van der Waals surface area contributed by atoms with Crippen LogP contribution in [0, 0.1) is 11.8 Å². The zero-order valence-corrected chi connectivity index (χ0v) is 70.8. The lowest BCUT2D eigenvalue weighted by Crippen LogP contribution is -2.30. The Morgan fingerprint density at radius 1 is 0.257 bits per heavy atom. The topological polar surface area (TPSA) is 237 Å². The average Bonchev–Trinajstić information content (AvgIpc) is 0.907. The van der Waals surface area contributed by atoms with Gasteiger partial charge in [0.15, 0.2) is 12.2 Å². The fraction of sp³-hybridized carbons (Fsp3) is 0.953. The van der Waals surface area contributed by atoms with Gasteiger partial charge in [-0.15, -0.1) is 0 Å². The van der Waals surface area contributed by atoms with E-state index in [0.29, 0.717) is 31.6 Å². The summed E-state index contributed by atoms with van der Waals surface area (Å²) in [6.45, 7) is 9.61. The maximum absolute atomic E-state index is 13.1. The summed E-state index contributed by atoms with van der Waals surface area (Å²) >= 11 is 0. The lowest BCUT2D eigenvalue weighted by molar-refractivity contribution is -0.161. The third-order valence-corrected chi connectivity index (χ3v) is 22.1. The smallest absolute Gasteiger partial charge is 0.462 e. The second-order valence-electron chi connectivity index (χ2n) is 31.9. The summed E-state index contributed by atoms with van der Waals surface area (Å²) in [5.74, 6) is -0.631. The predicted octanol–water partition coefficient (Wildman–Crippen LogP) is 26.2. The van der Waals surface area contributed by atoms with Crippen LogP contribution in [0.3, 0.4) is 0 Å². The van der Waals surface area contributed by atoms with Gasteiger partial charge >= 0.3 is 39.5 Å². The second kappa shape index (κ2) is 77.4. The molecule has 3 N–H and O–H groups in total. The molecule has 0 fully saturated rings. The van der Waals surface area contributed by atoms with Gasteiger partial charge in [0.1, 0.15) is 19.3 Å². The molecule has 0 aromatic heterocycles. The van der Waals surface area contributed by atoms with Crippen molar-refractivity contribution in [2.45, 2.75) is 477 Å². The maximum Gasteiger partial charge on any atom is 0.472 e. The lowest BCUT2D eigenvalue weighted by Gasteiger charge is -2.21. The molecule has 0 bridgehead atoms. The summed E-state index contributed by atoms with van der Waals surface area (Å²) < 4.78 is 68.9. The molecule has 0 aliphatic rings. The molecule has 5 atom stereocenters. The summed E-state index contributed by atoms with van der Waals surface area (Å²) in [4.78, 5) is 73.2. The molecule has 0 aromatic carbocycles. The highest BCUT2D eigenvalue weighted by Gasteiger charge is 2.30. The first-order chi connectivity index (χ1) is 50.9. The fourth-order valence-electron chi connectivity index (χ4n) is 13.4. The van der Waals surface area contributed by atoms with Crippen LogP contribution in [0.5, 0.6) is 0 Å². The van der Waals surface area contributed by atoms with Crippen molar-refractivity contribution >= 4 is 39.5 Å². The Morgan fingerprint density at radius 3 is 0.648 bits per heavy atom. The molecular formula is C86H168O17P2. The first kappa shape index (κ1) is 103. The van der Waals surface area contributed by atoms with Gasteiger partial charge in [0.05, 0.1) is 26.4 Å². The summed E-state index contributed by atoms with van der Waals surface area (Å²) in [6.07, 6.45) is 69.7. The zero-order chi connectivity index (χ0) is 77.1. The Bertz CT molecular complexity index is 2010. The molecule has 0 spiro atoms. The Labute approximate surface area is 645 Å². The molecule has 17 nitrogen and oxygen atoms in total. The number of rotatable bonds is 85. The third-order valence-electron chi connectivity index (χ3n) is 20.2. The van der Waals surface area contributed by atoms with E-state index in [2.05, 4.69) is 41.5 Å². The van der Waals surface area contributed by atoms with Crippen LogP contribution in [0.2, 0.25) is 0 Å². The van der Waals surface area contributed by atoms with E-state index in [9.17, 15) is 43.2 Å².